The molecule has 0 bridgehead atoms. The van der Waals surface area contributed by atoms with Gasteiger partial charge in [-0.2, -0.15) is 0 Å². The minimum absolute atomic E-state index is 0.202. The summed E-state index contributed by atoms with van der Waals surface area (Å²) in [5.41, 5.74) is 6.42. The molecule has 6 nitrogen and oxygen atoms in total. The molecule has 2 amide bonds. The number of primary amides is 1. The van der Waals surface area contributed by atoms with Gasteiger partial charge in [0.05, 0.1) is 0 Å². The van der Waals surface area contributed by atoms with E-state index >= 15 is 0 Å². The van der Waals surface area contributed by atoms with Gasteiger partial charge in [0.15, 0.2) is 5.82 Å². The van der Waals surface area contributed by atoms with Crippen molar-refractivity contribution in [3.63, 3.8) is 0 Å². The van der Waals surface area contributed by atoms with Crippen LogP contribution in [0, 0.1) is 0 Å². The summed E-state index contributed by atoms with van der Waals surface area (Å²) in [5, 5.41) is 2.93. The van der Waals surface area contributed by atoms with E-state index in [4.69, 9.17) is 5.73 Å². The number of amides is 2. The Hall–Kier alpha value is -1.85. The van der Waals surface area contributed by atoms with E-state index in [-0.39, 0.29) is 17.4 Å². The number of aromatic nitrogens is 2. The second-order valence-corrected chi connectivity index (χ2v) is 10.1. The van der Waals surface area contributed by atoms with Crippen molar-refractivity contribution < 1.29 is 9.59 Å². The van der Waals surface area contributed by atoms with Crippen LogP contribution in [0.1, 0.15) is 169 Å². The molecule has 0 radical (unpaired) electrons. The van der Waals surface area contributed by atoms with Gasteiger partial charge in [0.25, 0.3) is 11.8 Å². The summed E-state index contributed by atoms with van der Waals surface area (Å²) in [7, 11) is 0. The van der Waals surface area contributed by atoms with E-state index in [0.29, 0.717) is 18.7 Å². The van der Waals surface area contributed by atoms with Crippen LogP contribution in [0.3, 0.4) is 0 Å². The number of carbonyl (C=O) groups is 2. The average Bonchev–Trinajstić information content (AvgIpc) is 3.28. The van der Waals surface area contributed by atoms with E-state index in [1.54, 1.807) is 0 Å². The quantitative estimate of drug-likeness (QED) is 0.130. The fraction of sp³-hybridized carbons (Fsp3) is 0.828. The van der Waals surface area contributed by atoms with Crippen LogP contribution in [-0.4, -0.2) is 28.3 Å². The molecule has 0 unspecified atom stereocenters. The zero-order valence-corrected chi connectivity index (χ0v) is 22.9. The molecule has 4 N–H and O–H groups in total. The monoisotopic (exact) mass is 490 g/mol. The van der Waals surface area contributed by atoms with Crippen LogP contribution in [0.5, 0.6) is 0 Å². The largest absolute Gasteiger partial charge is 0.364 e. The van der Waals surface area contributed by atoms with Gasteiger partial charge in [0.1, 0.15) is 5.69 Å². The number of carbonyl (C=O) groups excluding carboxylic acids is 2. The minimum Gasteiger partial charge on any atom is -0.364 e. The highest BCUT2D eigenvalue weighted by Crippen LogP contribution is 2.14. The zero-order valence-electron chi connectivity index (χ0n) is 22.9. The second kappa shape index (κ2) is 21.4. The third kappa shape index (κ3) is 15.7. The number of unbranched alkanes of at least 4 members (excludes halogenated alkanes) is 18. The lowest BCUT2D eigenvalue weighted by Gasteiger charge is -2.04. The van der Waals surface area contributed by atoms with Crippen LogP contribution in [0.25, 0.3) is 0 Å². The molecule has 0 spiro atoms. The Labute approximate surface area is 215 Å². The molecule has 0 saturated heterocycles. The lowest BCUT2D eigenvalue weighted by atomic mass is 10.0. The molecule has 35 heavy (non-hydrogen) atoms. The van der Waals surface area contributed by atoms with Crippen molar-refractivity contribution >= 4 is 11.8 Å². The molecule has 1 aromatic rings. The van der Waals surface area contributed by atoms with E-state index in [9.17, 15) is 9.59 Å². The Morgan fingerprint density at radius 1 is 0.686 bits per heavy atom. The van der Waals surface area contributed by atoms with Crippen LogP contribution < -0.4 is 11.1 Å². The number of hydrogen-bond acceptors (Lipinski definition) is 3. The minimum atomic E-state index is -0.572. The highest BCUT2D eigenvalue weighted by atomic mass is 16.2. The lowest BCUT2D eigenvalue weighted by Crippen LogP contribution is -2.25. The molecule has 0 aliphatic carbocycles. The maximum atomic E-state index is 12.5. The van der Waals surface area contributed by atoms with Gasteiger partial charge in [-0.05, 0) is 19.3 Å². The molecule has 0 aliphatic rings. The number of aryl methyl sites for hydroxylation is 1. The molecule has 1 rings (SSSR count). The Kier molecular flexibility index (Phi) is 19.1. The van der Waals surface area contributed by atoms with Crippen molar-refractivity contribution in [3.05, 3.63) is 17.2 Å². The van der Waals surface area contributed by atoms with Gasteiger partial charge in [-0.25, -0.2) is 4.98 Å². The SMILES string of the molecule is CCCCCCCCCCCCNC(=O)c1nc(C(N)=O)c(CCCCCCCCCCCC)[nH]1. The van der Waals surface area contributed by atoms with Crippen LogP contribution in [0.15, 0.2) is 0 Å². The number of hydrogen-bond donors (Lipinski definition) is 3. The number of nitrogens with two attached hydrogens (primary N) is 1. The Balaban J connectivity index is 2.20. The van der Waals surface area contributed by atoms with Crippen molar-refractivity contribution in [2.45, 2.75) is 149 Å². The van der Waals surface area contributed by atoms with Crippen LogP contribution in [0.2, 0.25) is 0 Å². The molecule has 0 saturated carbocycles. The first kappa shape index (κ1) is 31.2. The standard InChI is InChI=1S/C29H54N4O2/c1-3-5-7-9-11-13-15-17-19-21-23-25-26(27(30)34)33-28(32-25)29(35)31-24-22-20-18-16-14-12-10-8-6-4-2/h3-24H2,1-2H3,(H2,30,34)(H,31,35)(H,32,33). The summed E-state index contributed by atoms with van der Waals surface area (Å²) in [6.07, 6.45) is 25.9. The van der Waals surface area contributed by atoms with Crippen molar-refractivity contribution in [2.75, 3.05) is 6.54 Å². The summed E-state index contributed by atoms with van der Waals surface area (Å²) < 4.78 is 0. The third-order valence-corrected chi connectivity index (χ3v) is 6.82. The molecule has 6 heteroatoms. The summed E-state index contributed by atoms with van der Waals surface area (Å²) in [6.45, 7) is 5.13. The van der Waals surface area contributed by atoms with Gasteiger partial charge in [-0.3, -0.25) is 9.59 Å². The first-order valence-corrected chi connectivity index (χ1v) is 14.8. The van der Waals surface area contributed by atoms with Gasteiger partial charge in [0.2, 0.25) is 0 Å². The molecular weight excluding hydrogens is 436 g/mol. The maximum absolute atomic E-state index is 12.5. The van der Waals surface area contributed by atoms with Gasteiger partial charge < -0.3 is 16.0 Å². The highest BCUT2D eigenvalue weighted by molar-refractivity contribution is 5.96. The number of nitrogens with zero attached hydrogens (tertiary/aromatic N) is 1. The Morgan fingerprint density at radius 3 is 1.57 bits per heavy atom. The second-order valence-electron chi connectivity index (χ2n) is 10.1. The smallest absolute Gasteiger partial charge is 0.287 e. The molecule has 0 aliphatic heterocycles. The maximum Gasteiger partial charge on any atom is 0.287 e. The predicted octanol–water partition coefficient (Wildman–Crippen LogP) is 7.62. The molecule has 0 atom stereocenters. The van der Waals surface area contributed by atoms with Gasteiger partial charge >= 0.3 is 0 Å². The van der Waals surface area contributed by atoms with E-state index in [2.05, 4.69) is 29.1 Å². The molecule has 1 aromatic heterocycles. The Bertz CT molecular complexity index is 672. The average molecular weight is 491 g/mol. The number of nitrogens with one attached hydrogen (secondary N) is 2. The summed E-state index contributed by atoms with van der Waals surface area (Å²) in [6, 6.07) is 0. The molecule has 202 valence electrons. The van der Waals surface area contributed by atoms with Crippen LogP contribution in [0.4, 0.5) is 0 Å². The summed E-state index contributed by atoms with van der Waals surface area (Å²) in [5.74, 6) is -0.622. The number of H-pyrrole nitrogens is 1. The lowest BCUT2D eigenvalue weighted by molar-refractivity contribution is 0.0943. The molecule has 1 heterocycles. The molecular formula is C29H54N4O2. The first-order valence-electron chi connectivity index (χ1n) is 14.8. The van der Waals surface area contributed by atoms with E-state index in [1.165, 1.54) is 103 Å². The van der Waals surface area contributed by atoms with E-state index < -0.39 is 5.91 Å². The first-order chi connectivity index (χ1) is 17.1. The topological polar surface area (TPSA) is 101 Å². The van der Waals surface area contributed by atoms with Crippen LogP contribution in [-0.2, 0) is 6.42 Å². The van der Waals surface area contributed by atoms with Gasteiger partial charge in [-0.1, -0.05) is 129 Å². The van der Waals surface area contributed by atoms with E-state index in [1.807, 2.05) is 0 Å². The predicted molar refractivity (Wildman–Crippen MR) is 147 cm³/mol. The molecule has 0 aromatic carbocycles. The Morgan fingerprint density at radius 2 is 1.11 bits per heavy atom. The fourth-order valence-electron chi connectivity index (χ4n) is 4.59. The fourth-order valence-corrected chi connectivity index (χ4v) is 4.59. The number of rotatable bonds is 24. The number of imidazole rings is 1. The third-order valence-electron chi connectivity index (χ3n) is 6.82. The molecule has 0 fully saturated rings. The highest BCUT2D eigenvalue weighted by Gasteiger charge is 2.18. The van der Waals surface area contributed by atoms with Crippen molar-refractivity contribution in [3.8, 4) is 0 Å². The van der Waals surface area contributed by atoms with Crippen LogP contribution >= 0.6 is 0 Å². The summed E-state index contributed by atoms with van der Waals surface area (Å²) >= 11 is 0. The van der Waals surface area contributed by atoms with Crippen molar-refractivity contribution in [2.24, 2.45) is 5.73 Å². The van der Waals surface area contributed by atoms with Gasteiger partial charge in [0, 0.05) is 12.2 Å². The van der Waals surface area contributed by atoms with Crippen molar-refractivity contribution in [1.29, 1.82) is 0 Å². The normalized spacial score (nSPS) is 11.1. The van der Waals surface area contributed by atoms with Crippen molar-refractivity contribution in [1.82, 2.24) is 15.3 Å². The zero-order chi connectivity index (χ0) is 25.6. The number of aromatic amines is 1. The summed E-state index contributed by atoms with van der Waals surface area (Å²) in [4.78, 5) is 31.5. The van der Waals surface area contributed by atoms with Gasteiger partial charge in [-0.15, -0.1) is 0 Å². The van der Waals surface area contributed by atoms with E-state index in [0.717, 1.165) is 25.7 Å².